The molecule has 1 aromatic rings. The largest absolute Gasteiger partial charge is 0.351 e. The van der Waals surface area contributed by atoms with Gasteiger partial charge in [0.2, 0.25) is 5.91 Å². The van der Waals surface area contributed by atoms with E-state index in [0.29, 0.717) is 6.54 Å². The van der Waals surface area contributed by atoms with E-state index in [9.17, 15) is 4.79 Å². The summed E-state index contributed by atoms with van der Waals surface area (Å²) >= 11 is 1.79. The maximum absolute atomic E-state index is 12.1. The third-order valence-corrected chi connectivity index (χ3v) is 4.64. The number of nitrogens with one attached hydrogen (secondary N) is 2. The Balaban J connectivity index is 1.87. The average Bonchev–Trinajstić information content (AvgIpc) is 2.95. The minimum absolute atomic E-state index is 0.175. The zero-order valence-corrected chi connectivity index (χ0v) is 11.3. The van der Waals surface area contributed by atoms with Crippen LogP contribution in [0.25, 0.3) is 0 Å². The molecule has 94 valence electrons. The van der Waals surface area contributed by atoms with Crippen LogP contribution in [-0.4, -0.2) is 19.0 Å². The van der Waals surface area contributed by atoms with E-state index in [4.69, 9.17) is 0 Å². The van der Waals surface area contributed by atoms with E-state index in [1.54, 1.807) is 11.3 Å². The molecule has 1 amide bonds. The fraction of sp³-hybridized carbons (Fsp3) is 0.615. The van der Waals surface area contributed by atoms with Gasteiger partial charge in [-0.25, -0.2) is 0 Å². The molecule has 3 nitrogen and oxygen atoms in total. The normalized spacial score (nSPS) is 23.9. The van der Waals surface area contributed by atoms with Crippen LogP contribution in [0.2, 0.25) is 0 Å². The lowest BCUT2D eigenvalue weighted by Crippen LogP contribution is -2.39. The molecule has 1 atom stereocenters. The van der Waals surface area contributed by atoms with Gasteiger partial charge in [-0.3, -0.25) is 4.79 Å². The van der Waals surface area contributed by atoms with Crippen LogP contribution in [-0.2, 0) is 17.8 Å². The van der Waals surface area contributed by atoms with Crippen molar-refractivity contribution in [1.82, 2.24) is 10.6 Å². The van der Waals surface area contributed by atoms with E-state index in [-0.39, 0.29) is 11.3 Å². The van der Waals surface area contributed by atoms with Crippen LogP contribution < -0.4 is 10.6 Å². The summed E-state index contributed by atoms with van der Waals surface area (Å²) in [4.78, 5) is 14.7. The predicted octanol–water partition coefficient (Wildman–Crippen LogP) is 1.93. The molecule has 1 fully saturated rings. The number of carbonyl (C=O) groups is 1. The van der Waals surface area contributed by atoms with Crippen molar-refractivity contribution in [3.8, 4) is 0 Å². The third-order valence-electron chi connectivity index (χ3n) is 3.41. The number of carbonyl (C=O) groups excluding carboxylic acids is 1. The summed E-state index contributed by atoms with van der Waals surface area (Å²) in [5, 5.41) is 6.30. The van der Waals surface area contributed by atoms with Crippen molar-refractivity contribution in [1.29, 1.82) is 0 Å². The zero-order valence-electron chi connectivity index (χ0n) is 10.5. The number of hydrogen-bond donors (Lipinski definition) is 2. The number of rotatable bonds is 4. The highest BCUT2D eigenvalue weighted by Gasteiger charge is 2.35. The van der Waals surface area contributed by atoms with Crippen LogP contribution in [0.5, 0.6) is 0 Å². The molecular formula is C13H20N2OS. The van der Waals surface area contributed by atoms with Gasteiger partial charge in [-0.05, 0) is 38.4 Å². The van der Waals surface area contributed by atoms with E-state index >= 15 is 0 Å². The van der Waals surface area contributed by atoms with Gasteiger partial charge in [-0.15, -0.1) is 11.3 Å². The van der Waals surface area contributed by atoms with Crippen molar-refractivity contribution in [2.75, 3.05) is 13.1 Å². The summed E-state index contributed by atoms with van der Waals surface area (Å²) in [6, 6.07) is 4.25. The van der Waals surface area contributed by atoms with E-state index in [1.807, 2.05) is 6.92 Å². The summed E-state index contributed by atoms with van der Waals surface area (Å²) in [6.45, 7) is 6.60. The van der Waals surface area contributed by atoms with Gasteiger partial charge in [0.15, 0.2) is 0 Å². The first kappa shape index (κ1) is 12.6. The molecule has 1 aromatic heterocycles. The van der Waals surface area contributed by atoms with E-state index < -0.39 is 0 Å². The molecule has 2 heterocycles. The van der Waals surface area contributed by atoms with Crippen LogP contribution in [0.3, 0.4) is 0 Å². The lowest BCUT2D eigenvalue weighted by molar-refractivity contribution is -0.129. The van der Waals surface area contributed by atoms with Gasteiger partial charge in [0.1, 0.15) is 0 Å². The molecule has 2 N–H and O–H groups in total. The Hall–Kier alpha value is -0.870. The highest BCUT2D eigenvalue weighted by molar-refractivity contribution is 7.11. The summed E-state index contributed by atoms with van der Waals surface area (Å²) in [7, 11) is 0. The third kappa shape index (κ3) is 2.87. The van der Waals surface area contributed by atoms with Gasteiger partial charge in [-0.1, -0.05) is 6.92 Å². The molecule has 0 aromatic carbocycles. The van der Waals surface area contributed by atoms with Gasteiger partial charge in [-0.2, -0.15) is 0 Å². The zero-order chi connectivity index (χ0) is 12.3. The SMILES string of the molecule is CCc1ccc(CNC(=O)C2(C)CCNC2)s1. The van der Waals surface area contributed by atoms with Gasteiger partial charge in [0.25, 0.3) is 0 Å². The molecule has 17 heavy (non-hydrogen) atoms. The molecular weight excluding hydrogens is 232 g/mol. The Kier molecular flexibility index (Phi) is 3.84. The second-order valence-corrected chi connectivity index (χ2v) is 6.14. The predicted molar refractivity (Wildman–Crippen MR) is 71.1 cm³/mol. The summed E-state index contributed by atoms with van der Waals surface area (Å²) in [5.41, 5.74) is -0.217. The number of amides is 1. The van der Waals surface area contributed by atoms with Crippen molar-refractivity contribution in [2.45, 2.75) is 33.2 Å². The minimum atomic E-state index is -0.217. The van der Waals surface area contributed by atoms with Gasteiger partial charge in [0.05, 0.1) is 12.0 Å². The lowest BCUT2D eigenvalue weighted by atomic mass is 9.89. The summed E-state index contributed by atoms with van der Waals surface area (Å²) in [6.07, 6.45) is 2.00. The topological polar surface area (TPSA) is 41.1 Å². The summed E-state index contributed by atoms with van der Waals surface area (Å²) < 4.78 is 0. The molecule has 0 aliphatic carbocycles. The van der Waals surface area contributed by atoms with Gasteiger partial charge in [0, 0.05) is 16.3 Å². The van der Waals surface area contributed by atoms with Crippen molar-refractivity contribution in [3.63, 3.8) is 0 Å². The van der Waals surface area contributed by atoms with Crippen LogP contribution in [0.1, 0.15) is 30.0 Å². The first-order valence-corrected chi connectivity index (χ1v) is 7.02. The number of thiophene rings is 1. The molecule has 2 rings (SSSR count). The van der Waals surface area contributed by atoms with Crippen molar-refractivity contribution >= 4 is 17.2 Å². The van der Waals surface area contributed by atoms with Crippen LogP contribution in [0.15, 0.2) is 12.1 Å². The van der Waals surface area contributed by atoms with E-state index in [1.165, 1.54) is 9.75 Å². The Bertz CT molecular complexity index is 394. The molecule has 1 aliphatic rings. The van der Waals surface area contributed by atoms with E-state index in [2.05, 4.69) is 29.7 Å². The van der Waals surface area contributed by atoms with Gasteiger partial charge < -0.3 is 10.6 Å². The number of aryl methyl sites for hydroxylation is 1. The molecule has 0 spiro atoms. The maximum Gasteiger partial charge on any atom is 0.227 e. The van der Waals surface area contributed by atoms with Crippen LogP contribution in [0.4, 0.5) is 0 Å². The van der Waals surface area contributed by atoms with Crippen LogP contribution in [0, 0.1) is 5.41 Å². The monoisotopic (exact) mass is 252 g/mol. The second kappa shape index (κ2) is 5.19. The smallest absolute Gasteiger partial charge is 0.227 e. The minimum Gasteiger partial charge on any atom is -0.351 e. The standard InChI is InChI=1S/C13H20N2OS/c1-3-10-4-5-11(17-10)8-15-12(16)13(2)6-7-14-9-13/h4-5,14H,3,6-9H2,1-2H3,(H,15,16). The molecule has 1 unspecified atom stereocenters. The molecule has 0 radical (unpaired) electrons. The van der Waals surface area contributed by atoms with Crippen molar-refractivity contribution < 1.29 is 4.79 Å². The highest BCUT2D eigenvalue weighted by atomic mass is 32.1. The van der Waals surface area contributed by atoms with E-state index in [0.717, 1.165) is 25.9 Å². The van der Waals surface area contributed by atoms with Crippen molar-refractivity contribution in [2.24, 2.45) is 5.41 Å². The Morgan fingerprint density at radius 2 is 2.29 bits per heavy atom. The lowest BCUT2D eigenvalue weighted by Gasteiger charge is -2.21. The summed E-state index contributed by atoms with van der Waals surface area (Å²) in [5.74, 6) is 0.175. The molecule has 0 saturated carbocycles. The van der Waals surface area contributed by atoms with Crippen molar-refractivity contribution in [3.05, 3.63) is 21.9 Å². The Morgan fingerprint density at radius 3 is 2.88 bits per heavy atom. The average molecular weight is 252 g/mol. The Labute approximate surface area is 107 Å². The quantitative estimate of drug-likeness (QED) is 0.859. The fourth-order valence-electron chi connectivity index (χ4n) is 2.10. The van der Waals surface area contributed by atoms with Gasteiger partial charge >= 0.3 is 0 Å². The molecule has 1 saturated heterocycles. The first-order valence-electron chi connectivity index (χ1n) is 6.21. The number of hydrogen-bond acceptors (Lipinski definition) is 3. The second-order valence-electron chi connectivity index (χ2n) is 4.89. The fourth-order valence-corrected chi connectivity index (χ4v) is 3.00. The first-order chi connectivity index (χ1) is 8.14. The molecule has 1 aliphatic heterocycles. The molecule has 4 heteroatoms. The maximum atomic E-state index is 12.1. The molecule has 0 bridgehead atoms. The van der Waals surface area contributed by atoms with Crippen LogP contribution >= 0.6 is 11.3 Å². The highest BCUT2D eigenvalue weighted by Crippen LogP contribution is 2.25. The Morgan fingerprint density at radius 1 is 1.53 bits per heavy atom.